The predicted molar refractivity (Wildman–Crippen MR) is 79.4 cm³/mol. The van der Waals surface area contributed by atoms with E-state index in [4.69, 9.17) is 17.3 Å². The van der Waals surface area contributed by atoms with Crippen LogP contribution in [0.2, 0.25) is 5.02 Å². The zero-order chi connectivity index (χ0) is 13.3. The largest absolute Gasteiger partial charge is 0.394 e. The molecule has 0 radical (unpaired) electrons. The van der Waals surface area contributed by atoms with Gasteiger partial charge in [0, 0.05) is 11.5 Å². The number of hydrogen-bond acceptors (Lipinski definition) is 3. The molecule has 2 aromatic rings. The van der Waals surface area contributed by atoms with Crippen molar-refractivity contribution in [2.75, 3.05) is 11.1 Å². The number of benzene rings is 1. The minimum absolute atomic E-state index is 0.636. The summed E-state index contributed by atoms with van der Waals surface area (Å²) in [5.74, 6) is 0.756. The highest BCUT2D eigenvalue weighted by Crippen LogP contribution is 2.31. The molecule has 0 bridgehead atoms. The van der Waals surface area contributed by atoms with Gasteiger partial charge < -0.3 is 11.1 Å². The van der Waals surface area contributed by atoms with Crippen LogP contribution in [0.25, 0.3) is 0 Å². The van der Waals surface area contributed by atoms with Gasteiger partial charge in [-0.25, -0.2) is 0 Å². The van der Waals surface area contributed by atoms with Crippen LogP contribution in [0.4, 0.5) is 17.2 Å². The van der Waals surface area contributed by atoms with Crippen LogP contribution in [0, 0.1) is 0 Å². The lowest BCUT2D eigenvalue weighted by Crippen LogP contribution is -2.01. The Labute approximate surface area is 119 Å². The third-order valence-corrected chi connectivity index (χ3v) is 3.50. The number of halogens is 2. The van der Waals surface area contributed by atoms with Gasteiger partial charge in [0.05, 0.1) is 22.1 Å². The molecule has 4 nitrogen and oxygen atoms in total. The molecule has 0 saturated heterocycles. The highest BCUT2D eigenvalue weighted by molar-refractivity contribution is 9.10. The number of aromatic nitrogens is 2. The minimum atomic E-state index is 0.636. The van der Waals surface area contributed by atoms with E-state index >= 15 is 0 Å². The fourth-order valence-corrected chi connectivity index (χ4v) is 2.25. The van der Waals surface area contributed by atoms with Gasteiger partial charge in [-0.15, -0.1) is 0 Å². The molecule has 0 fully saturated rings. The second-order valence-electron chi connectivity index (χ2n) is 3.94. The molecule has 2 rings (SSSR count). The predicted octanol–water partition coefficient (Wildman–Crippen LogP) is 3.72. The van der Waals surface area contributed by atoms with E-state index in [0.717, 1.165) is 28.1 Å². The van der Waals surface area contributed by atoms with Crippen LogP contribution < -0.4 is 11.1 Å². The zero-order valence-electron chi connectivity index (χ0n) is 10.2. The Morgan fingerprint density at radius 3 is 2.83 bits per heavy atom. The van der Waals surface area contributed by atoms with Crippen LogP contribution >= 0.6 is 27.5 Å². The molecule has 0 saturated carbocycles. The Morgan fingerprint density at radius 1 is 1.50 bits per heavy atom. The molecule has 0 amide bonds. The Kier molecular flexibility index (Phi) is 3.82. The van der Waals surface area contributed by atoms with Gasteiger partial charge >= 0.3 is 0 Å². The van der Waals surface area contributed by atoms with Crippen LogP contribution in [0.3, 0.4) is 0 Å². The lowest BCUT2D eigenvalue weighted by atomic mass is 10.3. The van der Waals surface area contributed by atoms with Crippen LogP contribution in [0.15, 0.2) is 22.7 Å². The number of hydrogen-bond donors (Lipinski definition) is 2. The van der Waals surface area contributed by atoms with Crippen molar-refractivity contribution in [3.63, 3.8) is 0 Å². The van der Waals surface area contributed by atoms with Crippen molar-refractivity contribution in [3.05, 3.63) is 33.4 Å². The van der Waals surface area contributed by atoms with Crippen LogP contribution in [-0.4, -0.2) is 9.78 Å². The number of nitrogens with one attached hydrogen (secondary N) is 1. The van der Waals surface area contributed by atoms with Crippen molar-refractivity contribution >= 4 is 44.7 Å². The molecule has 1 aromatic heterocycles. The van der Waals surface area contributed by atoms with Crippen molar-refractivity contribution in [2.45, 2.75) is 13.3 Å². The van der Waals surface area contributed by atoms with Crippen molar-refractivity contribution in [1.82, 2.24) is 9.78 Å². The highest BCUT2D eigenvalue weighted by atomic mass is 79.9. The van der Waals surface area contributed by atoms with E-state index in [1.165, 1.54) is 0 Å². The topological polar surface area (TPSA) is 55.9 Å². The average molecular weight is 330 g/mol. The van der Waals surface area contributed by atoms with Crippen molar-refractivity contribution in [3.8, 4) is 0 Å². The molecule has 0 aliphatic heterocycles. The molecule has 96 valence electrons. The summed E-state index contributed by atoms with van der Waals surface area (Å²) in [5, 5.41) is 8.21. The summed E-state index contributed by atoms with van der Waals surface area (Å²) in [7, 11) is 1.85. The van der Waals surface area contributed by atoms with Gasteiger partial charge in [-0.3, -0.25) is 4.68 Å². The molecule has 18 heavy (non-hydrogen) atoms. The third-order valence-electron chi connectivity index (χ3n) is 2.68. The maximum Gasteiger partial charge on any atom is 0.152 e. The first kappa shape index (κ1) is 13.2. The molecule has 0 aliphatic carbocycles. The number of rotatable bonds is 3. The Bertz CT molecular complexity index is 580. The lowest BCUT2D eigenvalue weighted by Gasteiger charge is -2.10. The first-order chi connectivity index (χ1) is 8.52. The second-order valence-corrected chi connectivity index (χ2v) is 5.26. The Hall–Kier alpha value is -1.20. The zero-order valence-corrected chi connectivity index (χ0v) is 12.5. The highest BCUT2D eigenvalue weighted by Gasteiger charge is 2.13. The standard InChI is InChI=1S/C12H14BrClN4/c1-3-9-11(15)12(18(2)17-9)16-10-6-7(13)4-5-8(10)14/h4-6,16H,3,15H2,1-2H3. The van der Waals surface area contributed by atoms with Gasteiger partial charge in [0.15, 0.2) is 5.82 Å². The van der Waals surface area contributed by atoms with Crippen molar-refractivity contribution in [2.24, 2.45) is 7.05 Å². The Balaban J connectivity index is 2.39. The third kappa shape index (κ3) is 2.47. The lowest BCUT2D eigenvalue weighted by molar-refractivity contribution is 0.753. The molecule has 0 unspecified atom stereocenters. The van der Waals surface area contributed by atoms with Gasteiger partial charge in [-0.1, -0.05) is 34.5 Å². The summed E-state index contributed by atoms with van der Waals surface area (Å²) >= 11 is 9.55. The first-order valence-corrected chi connectivity index (χ1v) is 6.73. The number of nitrogen functional groups attached to an aromatic ring is 1. The number of nitrogens with zero attached hydrogens (tertiary/aromatic N) is 2. The fourth-order valence-electron chi connectivity index (χ4n) is 1.73. The SMILES string of the molecule is CCc1nn(C)c(Nc2cc(Br)ccc2Cl)c1N. The van der Waals surface area contributed by atoms with Gasteiger partial charge in [0.25, 0.3) is 0 Å². The minimum Gasteiger partial charge on any atom is -0.394 e. The van der Waals surface area contributed by atoms with Gasteiger partial charge in [0.1, 0.15) is 0 Å². The van der Waals surface area contributed by atoms with Crippen molar-refractivity contribution in [1.29, 1.82) is 0 Å². The first-order valence-electron chi connectivity index (χ1n) is 5.56. The second kappa shape index (κ2) is 5.20. The van der Waals surface area contributed by atoms with E-state index in [0.29, 0.717) is 10.7 Å². The van der Waals surface area contributed by atoms with E-state index in [1.807, 2.05) is 32.2 Å². The molecular weight excluding hydrogens is 316 g/mol. The summed E-state index contributed by atoms with van der Waals surface area (Å²) < 4.78 is 2.68. The maximum atomic E-state index is 6.14. The Morgan fingerprint density at radius 2 is 2.22 bits per heavy atom. The number of nitrogens with two attached hydrogens (primary N) is 1. The maximum absolute atomic E-state index is 6.14. The van der Waals surface area contributed by atoms with Gasteiger partial charge in [-0.2, -0.15) is 5.10 Å². The average Bonchev–Trinajstić information content (AvgIpc) is 2.61. The molecule has 0 spiro atoms. The summed E-state index contributed by atoms with van der Waals surface area (Å²) in [5.41, 5.74) is 8.39. The molecular formula is C12H14BrClN4. The fraction of sp³-hybridized carbons (Fsp3) is 0.250. The van der Waals surface area contributed by atoms with E-state index in [9.17, 15) is 0 Å². The smallest absolute Gasteiger partial charge is 0.152 e. The van der Waals surface area contributed by atoms with E-state index in [-0.39, 0.29) is 0 Å². The summed E-state index contributed by atoms with van der Waals surface area (Å²) in [4.78, 5) is 0. The van der Waals surface area contributed by atoms with Gasteiger partial charge in [0.2, 0.25) is 0 Å². The van der Waals surface area contributed by atoms with Gasteiger partial charge in [-0.05, 0) is 24.6 Å². The summed E-state index contributed by atoms with van der Waals surface area (Å²) in [6, 6.07) is 5.61. The molecule has 3 N–H and O–H groups in total. The number of anilines is 3. The molecule has 0 aliphatic rings. The normalized spacial score (nSPS) is 10.7. The molecule has 0 atom stereocenters. The van der Waals surface area contributed by atoms with Crippen LogP contribution in [-0.2, 0) is 13.5 Å². The van der Waals surface area contributed by atoms with E-state index in [2.05, 4.69) is 26.3 Å². The number of aryl methyl sites for hydroxylation is 2. The van der Waals surface area contributed by atoms with Crippen molar-refractivity contribution < 1.29 is 0 Å². The molecule has 1 aromatic carbocycles. The summed E-state index contributed by atoms with van der Waals surface area (Å²) in [6.07, 6.45) is 0.799. The summed E-state index contributed by atoms with van der Waals surface area (Å²) in [6.45, 7) is 2.02. The monoisotopic (exact) mass is 328 g/mol. The van der Waals surface area contributed by atoms with Crippen LogP contribution in [0.5, 0.6) is 0 Å². The van der Waals surface area contributed by atoms with Crippen LogP contribution in [0.1, 0.15) is 12.6 Å². The van der Waals surface area contributed by atoms with E-state index < -0.39 is 0 Å². The quantitative estimate of drug-likeness (QED) is 0.902. The molecule has 6 heteroatoms. The van der Waals surface area contributed by atoms with E-state index in [1.54, 1.807) is 4.68 Å². The molecule has 1 heterocycles.